The Morgan fingerprint density at radius 2 is 1.52 bits per heavy atom. The number of aliphatic carboxylic acids is 2. The first-order valence-corrected chi connectivity index (χ1v) is 17.4. The largest absolute Gasteiger partial charge is 0.480 e. The Morgan fingerprint density at radius 3 is 2.06 bits per heavy atom. The Morgan fingerprint density at radius 1 is 0.885 bits per heavy atom. The number of carboxylic acid groups (broad SMARTS) is 2. The van der Waals surface area contributed by atoms with E-state index in [1.54, 1.807) is 44.2 Å². The highest BCUT2D eigenvalue weighted by molar-refractivity contribution is 6.04. The lowest BCUT2D eigenvalue weighted by Gasteiger charge is -2.30. The van der Waals surface area contributed by atoms with Gasteiger partial charge in [-0.2, -0.15) is 0 Å². The lowest BCUT2D eigenvalue weighted by Crippen LogP contribution is -2.56. The second kappa shape index (κ2) is 21.2. The Hall–Kier alpha value is -5.28. The van der Waals surface area contributed by atoms with E-state index in [4.69, 9.17) is 5.73 Å². The van der Waals surface area contributed by atoms with Crippen molar-refractivity contribution < 1.29 is 48.6 Å². The number of amides is 6. The molecule has 2 rings (SSSR count). The SMILES string of the molecule is CC(=O)N[C@@H](CCC(N)=O)C(=O)N[C@@H](CC1CCCCC1)C(=O)N/C(=C/C(=O)O)C(=O)N[C@@H](CC(C)C)C(=O)N(C)[C@@H](Cc1ccccc1)C(=O)O. The summed E-state index contributed by atoms with van der Waals surface area (Å²) in [6.07, 6.45) is 4.61. The summed E-state index contributed by atoms with van der Waals surface area (Å²) in [5.41, 5.74) is 5.17. The Bertz CT molecular complexity index is 1470. The van der Waals surface area contributed by atoms with E-state index in [1.165, 1.54) is 14.0 Å². The zero-order valence-electron chi connectivity index (χ0n) is 30.2. The van der Waals surface area contributed by atoms with Crippen LogP contribution in [0.1, 0.15) is 84.1 Å². The summed E-state index contributed by atoms with van der Waals surface area (Å²) >= 11 is 0. The smallest absolute Gasteiger partial charge is 0.330 e. The monoisotopic (exact) mass is 728 g/mol. The maximum atomic E-state index is 13.8. The van der Waals surface area contributed by atoms with Crippen LogP contribution >= 0.6 is 0 Å². The topological polar surface area (TPSA) is 254 Å². The fraction of sp³-hybridized carbons (Fsp3) is 0.556. The first kappa shape index (κ1) is 42.9. The van der Waals surface area contributed by atoms with Crippen LogP contribution in [0.25, 0.3) is 0 Å². The first-order valence-electron chi connectivity index (χ1n) is 17.4. The van der Waals surface area contributed by atoms with E-state index < -0.39 is 77.2 Å². The molecule has 0 bridgehead atoms. The molecule has 1 fully saturated rings. The van der Waals surface area contributed by atoms with Crippen molar-refractivity contribution in [3.05, 3.63) is 47.7 Å². The number of nitrogens with one attached hydrogen (secondary N) is 4. The van der Waals surface area contributed by atoms with Gasteiger partial charge >= 0.3 is 11.9 Å². The summed E-state index contributed by atoms with van der Waals surface area (Å²) in [6, 6.07) is 3.60. The molecule has 0 heterocycles. The molecule has 0 unspecified atom stereocenters. The number of nitrogens with zero attached hydrogens (tertiary/aromatic N) is 1. The van der Waals surface area contributed by atoms with Crippen molar-refractivity contribution in [3.8, 4) is 0 Å². The Kier molecular flexibility index (Phi) is 17.5. The minimum atomic E-state index is -1.59. The third kappa shape index (κ3) is 14.9. The van der Waals surface area contributed by atoms with Gasteiger partial charge in [-0.1, -0.05) is 76.3 Å². The average molecular weight is 729 g/mol. The number of primary amides is 1. The zero-order valence-corrected chi connectivity index (χ0v) is 30.2. The van der Waals surface area contributed by atoms with Crippen molar-refractivity contribution in [3.63, 3.8) is 0 Å². The van der Waals surface area contributed by atoms with Crippen LogP contribution in [0.2, 0.25) is 0 Å². The molecule has 52 heavy (non-hydrogen) atoms. The van der Waals surface area contributed by atoms with Crippen LogP contribution in [0.15, 0.2) is 42.1 Å². The van der Waals surface area contributed by atoms with Crippen LogP contribution in [-0.4, -0.2) is 93.7 Å². The molecule has 6 amide bonds. The normalized spacial score (nSPS) is 15.7. The van der Waals surface area contributed by atoms with Gasteiger partial charge in [-0.15, -0.1) is 0 Å². The molecule has 4 atom stereocenters. The number of nitrogens with two attached hydrogens (primary N) is 1. The second-order valence-electron chi connectivity index (χ2n) is 13.6. The predicted molar refractivity (Wildman–Crippen MR) is 189 cm³/mol. The lowest BCUT2D eigenvalue weighted by molar-refractivity contribution is -0.150. The number of carboxylic acids is 2. The fourth-order valence-corrected chi connectivity index (χ4v) is 6.12. The highest BCUT2D eigenvalue weighted by Crippen LogP contribution is 2.27. The molecular weight excluding hydrogens is 676 g/mol. The second-order valence-corrected chi connectivity index (χ2v) is 13.6. The molecule has 1 aromatic carbocycles. The molecule has 8 N–H and O–H groups in total. The highest BCUT2D eigenvalue weighted by Gasteiger charge is 2.35. The molecule has 1 aliphatic carbocycles. The molecule has 1 aromatic rings. The quantitative estimate of drug-likeness (QED) is 0.0937. The summed E-state index contributed by atoms with van der Waals surface area (Å²) in [5, 5.41) is 29.4. The van der Waals surface area contributed by atoms with E-state index in [0.717, 1.165) is 37.0 Å². The third-order valence-electron chi connectivity index (χ3n) is 8.75. The van der Waals surface area contributed by atoms with Crippen LogP contribution in [0.3, 0.4) is 0 Å². The number of benzene rings is 1. The molecule has 0 saturated heterocycles. The van der Waals surface area contributed by atoms with Crippen LogP contribution in [-0.2, 0) is 44.8 Å². The molecule has 1 aliphatic rings. The third-order valence-corrected chi connectivity index (χ3v) is 8.75. The van der Waals surface area contributed by atoms with Crippen molar-refractivity contribution in [1.29, 1.82) is 0 Å². The number of hydrogen-bond acceptors (Lipinski definition) is 8. The van der Waals surface area contributed by atoms with E-state index >= 15 is 0 Å². The van der Waals surface area contributed by atoms with Crippen LogP contribution < -0.4 is 27.0 Å². The standard InChI is InChI=1S/C36H52N6O10/c1-21(2)17-28(35(50)42(4)29(36(51)52)19-24-13-9-6-10-14-24)41-34(49)27(20-31(45)46)40-33(48)26(18-23-11-7-5-8-12-23)39-32(47)25(38-22(3)43)15-16-30(37)44/h6,9-10,13-14,20-21,23,25-26,28-29H,5,7-8,11-12,15-19H2,1-4H3,(H2,37,44)(H,38,43)(H,39,47)(H,40,48)(H,41,49)(H,45,46)(H,51,52)/b27-20+/t25-,26-,28-,29-/m0/s1. The van der Waals surface area contributed by atoms with Gasteiger partial charge in [0.2, 0.25) is 29.5 Å². The maximum Gasteiger partial charge on any atom is 0.330 e. The van der Waals surface area contributed by atoms with Crippen LogP contribution in [0.5, 0.6) is 0 Å². The molecule has 0 radical (unpaired) electrons. The number of carbonyl (C=O) groups is 8. The molecule has 286 valence electrons. The maximum absolute atomic E-state index is 13.8. The Balaban J connectivity index is 2.36. The lowest BCUT2D eigenvalue weighted by atomic mass is 9.84. The molecular formula is C36H52N6O10. The van der Waals surface area contributed by atoms with Gasteiger partial charge in [-0.3, -0.25) is 28.8 Å². The van der Waals surface area contributed by atoms with Crippen LogP contribution in [0, 0.1) is 11.8 Å². The minimum absolute atomic E-state index is 0.0111. The van der Waals surface area contributed by atoms with Crippen LogP contribution in [0.4, 0.5) is 0 Å². The molecule has 0 aromatic heterocycles. The van der Waals surface area contributed by atoms with Crippen molar-refractivity contribution in [1.82, 2.24) is 26.2 Å². The number of rotatable bonds is 20. The van der Waals surface area contributed by atoms with Gasteiger partial charge in [-0.05, 0) is 36.7 Å². The summed E-state index contributed by atoms with van der Waals surface area (Å²) in [4.78, 5) is 103. The molecule has 1 saturated carbocycles. The van der Waals surface area contributed by atoms with E-state index in [0.29, 0.717) is 11.6 Å². The summed E-state index contributed by atoms with van der Waals surface area (Å²) in [5.74, 6) is -7.86. The number of hydrogen-bond donors (Lipinski definition) is 7. The summed E-state index contributed by atoms with van der Waals surface area (Å²) in [6.45, 7) is 4.73. The predicted octanol–water partition coefficient (Wildman–Crippen LogP) is 0.982. The molecule has 16 nitrogen and oxygen atoms in total. The summed E-state index contributed by atoms with van der Waals surface area (Å²) in [7, 11) is 1.30. The van der Waals surface area contributed by atoms with Gasteiger partial charge < -0.3 is 42.1 Å². The average Bonchev–Trinajstić information content (AvgIpc) is 3.07. The molecule has 0 spiro atoms. The molecule has 16 heteroatoms. The first-order chi connectivity index (χ1) is 24.5. The van der Waals surface area contributed by atoms with Gasteiger partial charge in [0.1, 0.15) is 29.9 Å². The number of carbonyl (C=O) groups excluding carboxylic acids is 6. The minimum Gasteiger partial charge on any atom is -0.480 e. The molecule has 0 aliphatic heterocycles. The van der Waals surface area contributed by atoms with Crippen molar-refractivity contribution in [2.45, 2.75) is 109 Å². The van der Waals surface area contributed by atoms with E-state index in [1.807, 2.05) is 0 Å². The van der Waals surface area contributed by atoms with Gasteiger partial charge in [0.15, 0.2) is 0 Å². The van der Waals surface area contributed by atoms with Gasteiger partial charge in [0, 0.05) is 26.8 Å². The van der Waals surface area contributed by atoms with Gasteiger partial charge in [0.25, 0.3) is 5.91 Å². The highest BCUT2D eigenvalue weighted by atomic mass is 16.4. The van der Waals surface area contributed by atoms with E-state index in [9.17, 15) is 48.6 Å². The zero-order chi connectivity index (χ0) is 39.0. The van der Waals surface area contributed by atoms with Crippen molar-refractivity contribution >= 4 is 47.4 Å². The Labute approximate surface area is 303 Å². The van der Waals surface area contributed by atoms with Crippen molar-refractivity contribution in [2.24, 2.45) is 17.6 Å². The van der Waals surface area contributed by atoms with E-state index in [2.05, 4.69) is 21.3 Å². The van der Waals surface area contributed by atoms with Crippen molar-refractivity contribution in [2.75, 3.05) is 7.05 Å². The fourth-order valence-electron chi connectivity index (χ4n) is 6.12. The number of likely N-dealkylation sites (N-methyl/N-ethyl adjacent to an activating group) is 1. The van der Waals surface area contributed by atoms with Gasteiger partial charge in [0.05, 0.1) is 6.08 Å². The summed E-state index contributed by atoms with van der Waals surface area (Å²) < 4.78 is 0. The van der Waals surface area contributed by atoms with Gasteiger partial charge in [-0.25, -0.2) is 9.59 Å². The van der Waals surface area contributed by atoms with E-state index in [-0.39, 0.29) is 43.9 Å².